The smallest absolute Gasteiger partial charge is 0.196 e. The van der Waals surface area contributed by atoms with E-state index in [1.807, 2.05) is 0 Å². The molecule has 88 valence electrons. The molecule has 1 N–H and O–H groups in total. The lowest BCUT2D eigenvalue weighted by Gasteiger charge is -2.07. The molecule has 17 heavy (non-hydrogen) atoms. The summed E-state index contributed by atoms with van der Waals surface area (Å²) in [4.78, 5) is 7.54. The predicted octanol–water partition coefficient (Wildman–Crippen LogP) is 2.51. The van der Waals surface area contributed by atoms with Crippen molar-refractivity contribution in [3.8, 4) is 0 Å². The van der Waals surface area contributed by atoms with Crippen LogP contribution in [0.2, 0.25) is 0 Å². The van der Waals surface area contributed by atoms with Crippen LogP contribution in [0.25, 0.3) is 0 Å². The summed E-state index contributed by atoms with van der Waals surface area (Å²) < 4.78 is 38.8. The van der Waals surface area contributed by atoms with Crippen molar-refractivity contribution in [1.29, 1.82) is 0 Å². The van der Waals surface area contributed by atoms with E-state index in [1.165, 1.54) is 18.7 Å². The minimum Gasteiger partial charge on any atom is -0.378 e. The third-order valence-electron chi connectivity index (χ3n) is 2.13. The van der Waals surface area contributed by atoms with Gasteiger partial charge in [0.15, 0.2) is 17.5 Å². The van der Waals surface area contributed by atoms with Crippen molar-refractivity contribution >= 4 is 5.69 Å². The molecule has 2 rings (SSSR count). The standard InChI is InChI=1S/C11H8F3N3/c12-8-1-2-9(11(14)10(8)13)17-5-7-3-15-6-16-4-7/h1-4,6,17H,5H2. The van der Waals surface area contributed by atoms with E-state index < -0.39 is 17.5 Å². The van der Waals surface area contributed by atoms with E-state index in [9.17, 15) is 13.2 Å². The van der Waals surface area contributed by atoms with Crippen LogP contribution in [0, 0.1) is 17.5 Å². The van der Waals surface area contributed by atoms with Crippen molar-refractivity contribution in [2.75, 3.05) is 5.32 Å². The Bertz CT molecular complexity index is 517. The topological polar surface area (TPSA) is 37.8 Å². The quantitative estimate of drug-likeness (QED) is 0.836. The second kappa shape index (κ2) is 4.82. The maximum absolute atomic E-state index is 13.3. The SMILES string of the molecule is Fc1ccc(NCc2cncnc2)c(F)c1F. The average Bonchev–Trinajstić information content (AvgIpc) is 2.36. The fourth-order valence-electron chi connectivity index (χ4n) is 1.28. The van der Waals surface area contributed by atoms with Gasteiger partial charge in [0.25, 0.3) is 0 Å². The first-order chi connectivity index (χ1) is 8.18. The van der Waals surface area contributed by atoms with Crippen molar-refractivity contribution < 1.29 is 13.2 Å². The summed E-state index contributed by atoms with van der Waals surface area (Å²) >= 11 is 0. The molecule has 6 heteroatoms. The van der Waals surface area contributed by atoms with E-state index >= 15 is 0 Å². The molecule has 1 aromatic heterocycles. The number of nitrogens with zero attached hydrogens (tertiary/aromatic N) is 2. The highest BCUT2D eigenvalue weighted by Gasteiger charge is 2.12. The van der Waals surface area contributed by atoms with Gasteiger partial charge in [0.05, 0.1) is 5.69 Å². The van der Waals surface area contributed by atoms with E-state index in [4.69, 9.17) is 0 Å². The monoisotopic (exact) mass is 239 g/mol. The third kappa shape index (κ3) is 2.52. The highest BCUT2D eigenvalue weighted by atomic mass is 19.2. The molecule has 1 heterocycles. The first kappa shape index (κ1) is 11.4. The van der Waals surface area contributed by atoms with Gasteiger partial charge in [-0.2, -0.15) is 0 Å². The summed E-state index contributed by atoms with van der Waals surface area (Å²) in [6.07, 6.45) is 4.44. The number of halogens is 3. The molecule has 0 amide bonds. The first-order valence-electron chi connectivity index (χ1n) is 4.79. The summed E-state index contributed by atoms with van der Waals surface area (Å²) in [6, 6.07) is 2.00. The van der Waals surface area contributed by atoms with Crippen LogP contribution in [0.3, 0.4) is 0 Å². The van der Waals surface area contributed by atoms with Gasteiger partial charge in [-0.15, -0.1) is 0 Å². The maximum Gasteiger partial charge on any atom is 0.196 e. The zero-order valence-corrected chi connectivity index (χ0v) is 8.62. The molecular weight excluding hydrogens is 231 g/mol. The average molecular weight is 239 g/mol. The van der Waals surface area contributed by atoms with Crippen LogP contribution in [0.15, 0.2) is 30.9 Å². The minimum atomic E-state index is -1.49. The molecule has 0 saturated carbocycles. The lowest BCUT2D eigenvalue weighted by Crippen LogP contribution is -2.04. The zero-order valence-electron chi connectivity index (χ0n) is 8.62. The fourth-order valence-corrected chi connectivity index (χ4v) is 1.28. The number of aromatic nitrogens is 2. The lowest BCUT2D eigenvalue weighted by molar-refractivity contribution is 0.449. The summed E-state index contributed by atoms with van der Waals surface area (Å²) in [6.45, 7) is 0.225. The molecule has 0 unspecified atom stereocenters. The highest BCUT2D eigenvalue weighted by molar-refractivity contribution is 5.45. The van der Waals surface area contributed by atoms with Gasteiger partial charge >= 0.3 is 0 Å². The number of benzene rings is 1. The van der Waals surface area contributed by atoms with Crippen LogP contribution in [-0.2, 0) is 6.54 Å². The van der Waals surface area contributed by atoms with Crippen molar-refractivity contribution in [3.05, 3.63) is 53.9 Å². The molecule has 0 aliphatic rings. The number of anilines is 1. The Morgan fingerprint density at radius 1 is 1.00 bits per heavy atom. The Balaban J connectivity index is 2.13. The van der Waals surface area contributed by atoms with E-state index in [1.54, 1.807) is 0 Å². The minimum absolute atomic E-state index is 0.104. The van der Waals surface area contributed by atoms with Gasteiger partial charge < -0.3 is 5.32 Å². The molecule has 0 saturated heterocycles. The fraction of sp³-hybridized carbons (Fsp3) is 0.0909. The second-order valence-electron chi connectivity index (χ2n) is 3.32. The Kier molecular flexibility index (Phi) is 3.22. The Morgan fingerprint density at radius 3 is 2.41 bits per heavy atom. The summed E-state index contributed by atoms with van der Waals surface area (Å²) in [5.74, 6) is -3.93. The van der Waals surface area contributed by atoms with Crippen LogP contribution in [0.1, 0.15) is 5.56 Å². The van der Waals surface area contributed by atoms with Crippen molar-refractivity contribution in [1.82, 2.24) is 9.97 Å². The molecule has 2 aromatic rings. The van der Waals surface area contributed by atoms with Crippen molar-refractivity contribution in [3.63, 3.8) is 0 Å². The molecule has 0 bridgehead atoms. The molecule has 0 aliphatic carbocycles. The van der Waals surface area contributed by atoms with Crippen LogP contribution in [0.4, 0.5) is 18.9 Å². The largest absolute Gasteiger partial charge is 0.378 e. The zero-order chi connectivity index (χ0) is 12.3. The van der Waals surface area contributed by atoms with Crippen LogP contribution in [-0.4, -0.2) is 9.97 Å². The number of nitrogens with one attached hydrogen (secondary N) is 1. The van der Waals surface area contributed by atoms with Gasteiger partial charge in [-0.25, -0.2) is 23.1 Å². The Labute approximate surface area is 95.3 Å². The van der Waals surface area contributed by atoms with Crippen LogP contribution >= 0.6 is 0 Å². The molecular formula is C11H8F3N3. The maximum atomic E-state index is 13.3. The van der Waals surface area contributed by atoms with E-state index in [0.717, 1.165) is 12.1 Å². The van der Waals surface area contributed by atoms with Gasteiger partial charge in [0.1, 0.15) is 6.33 Å². The first-order valence-corrected chi connectivity index (χ1v) is 4.79. The molecule has 0 fully saturated rings. The predicted molar refractivity (Wildman–Crippen MR) is 55.7 cm³/mol. The molecule has 0 radical (unpaired) electrons. The van der Waals surface area contributed by atoms with E-state index in [-0.39, 0.29) is 12.2 Å². The molecule has 3 nitrogen and oxygen atoms in total. The summed E-state index contributed by atoms with van der Waals surface area (Å²) in [5.41, 5.74) is 0.601. The number of rotatable bonds is 3. The molecule has 0 atom stereocenters. The number of hydrogen-bond acceptors (Lipinski definition) is 3. The second-order valence-corrected chi connectivity index (χ2v) is 3.32. The number of hydrogen-bond donors (Lipinski definition) is 1. The Hall–Kier alpha value is -2.11. The van der Waals surface area contributed by atoms with Crippen LogP contribution in [0.5, 0.6) is 0 Å². The van der Waals surface area contributed by atoms with Gasteiger partial charge in [-0.1, -0.05) is 0 Å². The van der Waals surface area contributed by atoms with E-state index in [2.05, 4.69) is 15.3 Å². The normalized spacial score (nSPS) is 10.3. The van der Waals surface area contributed by atoms with Gasteiger partial charge in [0, 0.05) is 24.5 Å². The molecule has 0 spiro atoms. The molecule has 0 aliphatic heterocycles. The Morgan fingerprint density at radius 2 is 1.71 bits per heavy atom. The van der Waals surface area contributed by atoms with Gasteiger partial charge in [-0.3, -0.25) is 0 Å². The molecule has 1 aromatic carbocycles. The third-order valence-corrected chi connectivity index (χ3v) is 2.13. The van der Waals surface area contributed by atoms with Crippen molar-refractivity contribution in [2.45, 2.75) is 6.54 Å². The van der Waals surface area contributed by atoms with Gasteiger partial charge in [0.2, 0.25) is 0 Å². The van der Waals surface area contributed by atoms with Crippen LogP contribution < -0.4 is 5.32 Å². The highest BCUT2D eigenvalue weighted by Crippen LogP contribution is 2.19. The van der Waals surface area contributed by atoms with Crippen molar-refractivity contribution in [2.24, 2.45) is 0 Å². The van der Waals surface area contributed by atoms with E-state index in [0.29, 0.717) is 5.56 Å². The summed E-state index contributed by atoms with van der Waals surface area (Å²) in [7, 11) is 0. The lowest BCUT2D eigenvalue weighted by atomic mass is 10.2. The van der Waals surface area contributed by atoms with Gasteiger partial charge in [-0.05, 0) is 12.1 Å². The summed E-state index contributed by atoms with van der Waals surface area (Å²) in [5, 5.41) is 2.64.